The molecule has 124 valence electrons. The van der Waals surface area contributed by atoms with Crippen LogP contribution in [0.5, 0.6) is 5.75 Å². The average molecular weight is 353 g/mol. The van der Waals surface area contributed by atoms with Gasteiger partial charge in [0.05, 0.1) is 10.5 Å². The van der Waals surface area contributed by atoms with Crippen LogP contribution in [0.1, 0.15) is 0 Å². The molecule has 23 heavy (non-hydrogen) atoms. The van der Waals surface area contributed by atoms with Gasteiger partial charge in [0.1, 0.15) is 0 Å². The highest BCUT2D eigenvalue weighted by molar-refractivity contribution is 7.89. The van der Waals surface area contributed by atoms with Crippen molar-refractivity contribution < 1.29 is 35.1 Å². The van der Waals surface area contributed by atoms with Crippen LogP contribution in [0.2, 0.25) is 0 Å². The molecule has 2 N–H and O–H groups in total. The van der Waals surface area contributed by atoms with Gasteiger partial charge in [-0.2, -0.15) is 8.78 Å². The summed E-state index contributed by atoms with van der Waals surface area (Å²) in [5.41, 5.74) is -1.98. The van der Waals surface area contributed by atoms with Gasteiger partial charge in [0.2, 0.25) is 28.5 Å². The molecule has 0 aliphatic heterocycles. The maximum Gasteiger partial charge on any atom is 0.238 e. The highest BCUT2D eigenvalue weighted by Crippen LogP contribution is 2.38. The van der Waals surface area contributed by atoms with Crippen LogP contribution in [0.4, 0.5) is 22.0 Å². The maximum atomic E-state index is 14.1. The van der Waals surface area contributed by atoms with Gasteiger partial charge in [-0.05, 0) is 6.07 Å². The van der Waals surface area contributed by atoms with Crippen molar-refractivity contribution in [1.29, 1.82) is 0 Å². The predicted octanol–water partition coefficient (Wildman–Crippen LogP) is 2.86. The summed E-state index contributed by atoms with van der Waals surface area (Å²) in [5, 5.41) is 4.91. The molecule has 0 amide bonds. The van der Waals surface area contributed by atoms with Crippen molar-refractivity contribution in [3.63, 3.8) is 0 Å². The Kier molecular flexibility index (Phi) is 4.57. The number of ether oxygens (including phenoxy) is 1. The molecule has 0 heterocycles. The average Bonchev–Trinajstić information content (AvgIpc) is 2.49. The minimum Gasteiger partial charge on any atom is -0.457 e. The third-order valence-corrected chi connectivity index (χ3v) is 3.85. The molecule has 10 heteroatoms. The van der Waals surface area contributed by atoms with E-state index in [4.69, 9.17) is 5.14 Å². The van der Waals surface area contributed by atoms with Crippen LogP contribution in [-0.4, -0.2) is 15.3 Å². The summed E-state index contributed by atoms with van der Waals surface area (Å²) in [6.45, 7) is -1.72. The molecule has 0 bridgehead atoms. The number of sulfonamides is 1. The largest absolute Gasteiger partial charge is 0.457 e. The summed E-state index contributed by atoms with van der Waals surface area (Å²) in [6.07, 6.45) is 0. The monoisotopic (exact) mass is 353 g/mol. The van der Waals surface area contributed by atoms with E-state index >= 15 is 0 Å². The maximum absolute atomic E-state index is 14.1. The molecule has 2 aromatic rings. The molecule has 0 aliphatic carbocycles. The van der Waals surface area contributed by atoms with Gasteiger partial charge < -0.3 is 4.74 Å². The minimum atomic E-state index is -4.43. The molecule has 0 saturated heterocycles. The third-order valence-electron chi connectivity index (χ3n) is 2.88. The van der Waals surface area contributed by atoms with Crippen LogP contribution in [0.3, 0.4) is 0 Å². The molecule has 0 spiro atoms. The Morgan fingerprint density at radius 3 is 1.96 bits per heavy atom. The first-order valence-corrected chi connectivity index (χ1v) is 7.41. The van der Waals surface area contributed by atoms with Crippen LogP contribution >= 0.6 is 0 Å². The van der Waals surface area contributed by atoms with Gasteiger partial charge >= 0.3 is 0 Å². The molecular formula is C13H8F5NO3S. The van der Waals surface area contributed by atoms with E-state index in [0.29, 0.717) is 0 Å². The Bertz CT molecular complexity index is 841. The summed E-state index contributed by atoms with van der Waals surface area (Å²) in [4.78, 5) is -0.740. The first-order chi connectivity index (χ1) is 10.7. The zero-order valence-electron chi connectivity index (χ0n) is 11.1. The number of hydrogen-bond acceptors (Lipinski definition) is 3. The van der Waals surface area contributed by atoms with Gasteiger partial charge in [-0.25, -0.2) is 26.7 Å². The molecule has 0 radical (unpaired) electrons. The van der Waals surface area contributed by atoms with Crippen LogP contribution < -0.4 is 9.88 Å². The van der Waals surface area contributed by atoms with Gasteiger partial charge in [0, 0.05) is 5.56 Å². The highest BCUT2D eigenvalue weighted by Gasteiger charge is 2.30. The van der Waals surface area contributed by atoms with E-state index in [0.717, 1.165) is 12.1 Å². The van der Waals surface area contributed by atoms with Gasteiger partial charge in [0.15, 0.2) is 17.4 Å². The number of alkyl halides is 1. The summed E-state index contributed by atoms with van der Waals surface area (Å²) >= 11 is 0. The lowest BCUT2D eigenvalue weighted by Crippen LogP contribution is -2.14. The van der Waals surface area contributed by atoms with E-state index in [1.807, 2.05) is 0 Å². The van der Waals surface area contributed by atoms with E-state index in [9.17, 15) is 30.4 Å². The molecule has 0 unspecified atom stereocenters. The van der Waals surface area contributed by atoms with Gasteiger partial charge in [0.25, 0.3) is 0 Å². The number of nitrogens with two attached hydrogens (primary N) is 1. The lowest BCUT2D eigenvalue weighted by Gasteiger charge is -2.13. The van der Waals surface area contributed by atoms with Crippen molar-refractivity contribution in [1.82, 2.24) is 0 Å². The van der Waals surface area contributed by atoms with E-state index < -0.39 is 61.9 Å². The molecule has 2 rings (SSSR count). The zero-order valence-corrected chi connectivity index (χ0v) is 11.9. The Labute approximate surface area is 127 Å². The minimum absolute atomic E-state index is 0.686. The fraction of sp³-hybridized carbons (Fsp3) is 0.0769. The predicted molar refractivity (Wildman–Crippen MR) is 69.7 cm³/mol. The Balaban J connectivity index is 2.87. The van der Waals surface area contributed by atoms with E-state index in [1.165, 1.54) is 12.1 Å². The molecule has 0 aromatic heterocycles. The second kappa shape index (κ2) is 6.13. The molecule has 2 aromatic carbocycles. The van der Waals surface area contributed by atoms with Gasteiger partial charge in [-0.1, -0.05) is 18.2 Å². The van der Waals surface area contributed by atoms with Crippen LogP contribution in [0.25, 0.3) is 11.1 Å². The van der Waals surface area contributed by atoms with E-state index in [1.54, 1.807) is 0 Å². The fourth-order valence-corrected chi connectivity index (χ4v) is 2.70. The number of rotatable bonds is 4. The summed E-state index contributed by atoms with van der Waals surface area (Å²) < 4.78 is 94.5. The topological polar surface area (TPSA) is 69.4 Å². The second-order valence-corrected chi connectivity index (χ2v) is 5.78. The molecule has 0 aliphatic rings. The van der Waals surface area contributed by atoms with Crippen molar-refractivity contribution in [3.8, 4) is 16.9 Å². The molecule has 0 atom stereocenters. The molecular weight excluding hydrogens is 345 g/mol. The second-order valence-electron chi connectivity index (χ2n) is 4.25. The van der Waals surface area contributed by atoms with Crippen LogP contribution in [0, 0.1) is 23.3 Å². The van der Waals surface area contributed by atoms with Crippen molar-refractivity contribution in [2.75, 3.05) is 6.86 Å². The summed E-state index contributed by atoms with van der Waals surface area (Å²) in [5.74, 6) is -9.47. The SMILES string of the molecule is NS(=O)(=O)c1ccccc1-c1c(F)c(F)c(OCF)c(F)c1F. The first kappa shape index (κ1) is 17.2. The quantitative estimate of drug-likeness (QED) is 0.679. The lowest BCUT2D eigenvalue weighted by molar-refractivity contribution is 0.172. The first-order valence-electron chi connectivity index (χ1n) is 5.87. The third kappa shape index (κ3) is 2.99. The normalized spacial score (nSPS) is 11.6. The van der Waals surface area contributed by atoms with Crippen LogP contribution in [-0.2, 0) is 10.0 Å². The summed E-state index contributed by atoms with van der Waals surface area (Å²) in [6, 6.07) is 4.21. The number of benzene rings is 2. The Hall–Kier alpha value is -2.20. The van der Waals surface area contributed by atoms with E-state index in [2.05, 4.69) is 4.74 Å². The smallest absolute Gasteiger partial charge is 0.238 e. The molecule has 4 nitrogen and oxygen atoms in total. The Morgan fingerprint density at radius 1 is 0.957 bits per heavy atom. The number of hydrogen-bond donors (Lipinski definition) is 1. The standard InChI is InChI=1S/C13H8F5NO3S/c14-5-22-13-11(17)9(15)8(10(16)12(13)18)6-3-1-2-4-7(6)23(19,20)21/h1-4H,5H2,(H2,19,20,21). The van der Waals surface area contributed by atoms with Crippen molar-refractivity contribution in [3.05, 3.63) is 47.5 Å². The van der Waals surface area contributed by atoms with Crippen molar-refractivity contribution in [2.45, 2.75) is 4.90 Å². The summed E-state index contributed by atoms with van der Waals surface area (Å²) in [7, 11) is -4.43. The van der Waals surface area contributed by atoms with Crippen molar-refractivity contribution in [2.24, 2.45) is 5.14 Å². The zero-order chi connectivity index (χ0) is 17.4. The fourth-order valence-electron chi connectivity index (χ4n) is 1.95. The number of primary sulfonamides is 1. The highest BCUT2D eigenvalue weighted by atomic mass is 32.2. The Morgan fingerprint density at radius 2 is 1.48 bits per heavy atom. The lowest BCUT2D eigenvalue weighted by atomic mass is 10.0. The van der Waals surface area contributed by atoms with Gasteiger partial charge in [-0.3, -0.25) is 0 Å². The van der Waals surface area contributed by atoms with Crippen LogP contribution in [0.15, 0.2) is 29.2 Å². The molecule has 0 fully saturated rings. The van der Waals surface area contributed by atoms with E-state index in [-0.39, 0.29) is 0 Å². The number of halogens is 5. The van der Waals surface area contributed by atoms with Crippen molar-refractivity contribution >= 4 is 10.0 Å². The molecule has 0 saturated carbocycles. The van der Waals surface area contributed by atoms with Gasteiger partial charge in [-0.15, -0.1) is 0 Å².